The fraction of sp³-hybridized carbons (Fsp3) is 0.333. The highest BCUT2D eigenvalue weighted by atomic mass is 79.9. The van der Waals surface area contributed by atoms with Crippen molar-refractivity contribution in [1.29, 1.82) is 0 Å². The fourth-order valence-electron chi connectivity index (χ4n) is 1.33. The molecule has 0 N–H and O–H groups in total. The molecule has 0 spiro atoms. The van der Waals surface area contributed by atoms with Crippen LogP contribution in [0, 0.1) is 0 Å². The molecule has 4 heteroatoms. The summed E-state index contributed by atoms with van der Waals surface area (Å²) in [6, 6.07) is 5.39. The van der Waals surface area contributed by atoms with Gasteiger partial charge >= 0.3 is 0 Å². The maximum absolute atomic E-state index is 11.3. The smallest absolute Gasteiger partial charge is 0.160 e. The monoisotopic (exact) mass is 284 g/mol. The number of carbonyl (C=O) groups is 2. The number of halogens is 1. The molecule has 0 amide bonds. The van der Waals surface area contributed by atoms with Crippen LogP contribution >= 0.6 is 15.9 Å². The minimum absolute atomic E-state index is 0.00562. The molecule has 0 heterocycles. The van der Waals surface area contributed by atoms with Gasteiger partial charge in [-0.25, -0.2) is 0 Å². The van der Waals surface area contributed by atoms with Crippen molar-refractivity contribution in [2.24, 2.45) is 0 Å². The Morgan fingerprint density at radius 1 is 1.31 bits per heavy atom. The summed E-state index contributed by atoms with van der Waals surface area (Å²) in [4.78, 5) is 22.1. The van der Waals surface area contributed by atoms with Gasteiger partial charge in [-0.05, 0) is 37.6 Å². The SMILES string of the molecule is CC(=O)COCc1cc(Br)ccc1C(C)=O. The van der Waals surface area contributed by atoms with Crippen molar-refractivity contribution in [1.82, 2.24) is 0 Å². The van der Waals surface area contributed by atoms with Crippen LogP contribution in [0.2, 0.25) is 0 Å². The lowest BCUT2D eigenvalue weighted by atomic mass is 10.1. The Morgan fingerprint density at radius 3 is 2.56 bits per heavy atom. The summed E-state index contributed by atoms with van der Waals surface area (Å²) in [5, 5.41) is 0. The van der Waals surface area contributed by atoms with E-state index in [0.717, 1.165) is 10.0 Å². The van der Waals surface area contributed by atoms with Crippen molar-refractivity contribution in [3.63, 3.8) is 0 Å². The summed E-state index contributed by atoms with van der Waals surface area (Å²) in [6.07, 6.45) is 0. The molecule has 0 radical (unpaired) electrons. The highest BCUT2D eigenvalue weighted by molar-refractivity contribution is 9.10. The first-order valence-electron chi connectivity index (χ1n) is 4.87. The maximum atomic E-state index is 11.3. The van der Waals surface area contributed by atoms with Crippen molar-refractivity contribution in [3.05, 3.63) is 33.8 Å². The van der Waals surface area contributed by atoms with E-state index in [2.05, 4.69) is 15.9 Å². The molecule has 0 fully saturated rings. The third-order valence-corrected chi connectivity index (χ3v) is 2.50. The van der Waals surface area contributed by atoms with Crippen LogP contribution in [0.25, 0.3) is 0 Å². The van der Waals surface area contributed by atoms with E-state index in [9.17, 15) is 9.59 Å². The lowest BCUT2D eigenvalue weighted by Gasteiger charge is -2.07. The first-order chi connectivity index (χ1) is 7.50. The van der Waals surface area contributed by atoms with Gasteiger partial charge in [0.25, 0.3) is 0 Å². The second-order valence-corrected chi connectivity index (χ2v) is 4.47. The Morgan fingerprint density at radius 2 is 2.00 bits per heavy atom. The number of benzene rings is 1. The Hall–Kier alpha value is -1.00. The number of carbonyl (C=O) groups excluding carboxylic acids is 2. The number of hydrogen-bond donors (Lipinski definition) is 0. The lowest BCUT2D eigenvalue weighted by molar-refractivity contribution is -0.121. The standard InChI is InChI=1S/C12H13BrO3/c1-8(14)6-16-7-10-5-11(13)3-4-12(10)9(2)15/h3-5H,6-7H2,1-2H3. The van der Waals surface area contributed by atoms with E-state index >= 15 is 0 Å². The van der Waals surface area contributed by atoms with Gasteiger partial charge in [0.15, 0.2) is 11.6 Å². The molecule has 0 aliphatic carbocycles. The summed E-state index contributed by atoms with van der Waals surface area (Å²) in [5.74, 6) is -0.0340. The summed E-state index contributed by atoms with van der Waals surface area (Å²) in [7, 11) is 0. The molecule has 0 saturated carbocycles. The molecule has 1 aromatic rings. The molecule has 0 aliphatic heterocycles. The summed E-state index contributed by atoms with van der Waals surface area (Å²) < 4.78 is 6.09. The molecular weight excluding hydrogens is 272 g/mol. The predicted octanol–water partition coefficient (Wildman–Crippen LogP) is 2.76. The van der Waals surface area contributed by atoms with Gasteiger partial charge in [0.05, 0.1) is 6.61 Å². The quantitative estimate of drug-likeness (QED) is 0.781. The molecule has 3 nitrogen and oxygen atoms in total. The van der Waals surface area contributed by atoms with Crippen LogP contribution in [-0.4, -0.2) is 18.2 Å². The predicted molar refractivity (Wildman–Crippen MR) is 64.5 cm³/mol. The highest BCUT2D eigenvalue weighted by Gasteiger charge is 2.08. The minimum Gasteiger partial charge on any atom is -0.369 e. The summed E-state index contributed by atoms with van der Waals surface area (Å²) in [5.41, 5.74) is 1.43. The molecule has 86 valence electrons. The molecule has 1 rings (SSSR count). The average Bonchev–Trinajstić information content (AvgIpc) is 2.16. The van der Waals surface area contributed by atoms with Gasteiger partial charge in [-0.3, -0.25) is 9.59 Å². The van der Waals surface area contributed by atoms with Crippen molar-refractivity contribution in [3.8, 4) is 0 Å². The third kappa shape index (κ3) is 3.87. The molecular formula is C12H13BrO3. The zero-order chi connectivity index (χ0) is 12.1. The first-order valence-corrected chi connectivity index (χ1v) is 5.66. The number of ketones is 2. The van der Waals surface area contributed by atoms with Gasteiger partial charge < -0.3 is 4.74 Å². The Bertz CT molecular complexity index is 413. The molecule has 0 bridgehead atoms. The van der Waals surface area contributed by atoms with Crippen LogP contribution in [0.15, 0.2) is 22.7 Å². The molecule has 0 unspecified atom stereocenters. The van der Waals surface area contributed by atoms with E-state index in [-0.39, 0.29) is 24.8 Å². The Kier molecular flexibility index (Phi) is 4.83. The minimum atomic E-state index is -0.0284. The largest absolute Gasteiger partial charge is 0.369 e. The molecule has 0 saturated heterocycles. The molecule has 0 atom stereocenters. The van der Waals surface area contributed by atoms with Crippen molar-refractivity contribution in [2.75, 3.05) is 6.61 Å². The molecule has 16 heavy (non-hydrogen) atoms. The van der Waals surface area contributed by atoms with E-state index in [0.29, 0.717) is 5.56 Å². The van der Waals surface area contributed by atoms with Crippen LogP contribution in [0.3, 0.4) is 0 Å². The normalized spacial score (nSPS) is 10.2. The summed E-state index contributed by atoms with van der Waals surface area (Å²) >= 11 is 3.33. The number of hydrogen-bond acceptors (Lipinski definition) is 3. The molecule has 0 aromatic heterocycles. The number of ether oxygens (including phenoxy) is 1. The second kappa shape index (κ2) is 5.92. The first kappa shape index (κ1) is 13.1. The highest BCUT2D eigenvalue weighted by Crippen LogP contribution is 2.18. The second-order valence-electron chi connectivity index (χ2n) is 3.55. The van der Waals surface area contributed by atoms with Crippen LogP contribution < -0.4 is 0 Å². The van der Waals surface area contributed by atoms with Gasteiger partial charge in [0.2, 0.25) is 0 Å². The van der Waals surface area contributed by atoms with E-state index in [1.807, 2.05) is 12.1 Å². The van der Waals surface area contributed by atoms with Crippen molar-refractivity contribution < 1.29 is 14.3 Å². The zero-order valence-corrected chi connectivity index (χ0v) is 10.8. The van der Waals surface area contributed by atoms with Crippen molar-refractivity contribution >= 4 is 27.5 Å². The van der Waals surface area contributed by atoms with Crippen LogP contribution in [0.4, 0.5) is 0 Å². The van der Waals surface area contributed by atoms with Gasteiger partial charge in [-0.1, -0.05) is 15.9 Å². The number of rotatable bonds is 5. The Balaban J connectivity index is 2.80. The molecule has 1 aromatic carbocycles. The van der Waals surface area contributed by atoms with Crippen LogP contribution in [0.1, 0.15) is 29.8 Å². The van der Waals surface area contributed by atoms with E-state index < -0.39 is 0 Å². The van der Waals surface area contributed by atoms with Gasteiger partial charge in [-0.15, -0.1) is 0 Å². The zero-order valence-electron chi connectivity index (χ0n) is 9.25. The van der Waals surface area contributed by atoms with Gasteiger partial charge in [0, 0.05) is 10.0 Å². The van der Waals surface area contributed by atoms with E-state index in [1.165, 1.54) is 13.8 Å². The van der Waals surface area contributed by atoms with E-state index in [1.54, 1.807) is 6.07 Å². The third-order valence-electron chi connectivity index (χ3n) is 2.01. The van der Waals surface area contributed by atoms with Crippen LogP contribution in [-0.2, 0) is 16.1 Å². The average molecular weight is 285 g/mol. The molecule has 0 aliphatic rings. The topological polar surface area (TPSA) is 43.4 Å². The lowest BCUT2D eigenvalue weighted by Crippen LogP contribution is -2.07. The fourth-order valence-corrected chi connectivity index (χ4v) is 1.74. The van der Waals surface area contributed by atoms with Crippen molar-refractivity contribution in [2.45, 2.75) is 20.5 Å². The number of Topliss-reactive ketones (excluding diaryl/α,β-unsaturated/α-hetero) is 2. The van der Waals surface area contributed by atoms with Gasteiger partial charge in [-0.2, -0.15) is 0 Å². The van der Waals surface area contributed by atoms with E-state index in [4.69, 9.17) is 4.74 Å². The van der Waals surface area contributed by atoms with Crippen LogP contribution in [0.5, 0.6) is 0 Å². The summed E-state index contributed by atoms with van der Waals surface area (Å²) in [6.45, 7) is 3.32. The van der Waals surface area contributed by atoms with Gasteiger partial charge in [0.1, 0.15) is 6.61 Å². The Labute approximate surface area is 103 Å². The maximum Gasteiger partial charge on any atom is 0.160 e.